The molecule has 9 heteroatoms. The first-order chi connectivity index (χ1) is 13.5. The molecule has 0 aliphatic carbocycles. The second-order valence-electron chi connectivity index (χ2n) is 7.07. The number of anilines is 1. The highest BCUT2D eigenvalue weighted by Gasteiger charge is 2.20. The van der Waals surface area contributed by atoms with E-state index in [9.17, 15) is 9.59 Å². The van der Waals surface area contributed by atoms with Crippen molar-refractivity contribution in [1.82, 2.24) is 29.1 Å². The third-order valence-electron chi connectivity index (χ3n) is 4.97. The molecule has 152 valence electrons. The van der Waals surface area contributed by atoms with E-state index < -0.39 is 0 Å². The first-order valence-electron chi connectivity index (χ1n) is 9.84. The number of carbonyl (C=O) groups is 2. The third kappa shape index (κ3) is 5.41. The van der Waals surface area contributed by atoms with Gasteiger partial charge in [-0.1, -0.05) is 6.92 Å². The Hall–Kier alpha value is -2.68. The Morgan fingerprint density at radius 1 is 1.18 bits per heavy atom. The lowest BCUT2D eigenvalue weighted by atomic mass is 10.3. The lowest BCUT2D eigenvalue weighted by Gasteiger charge is -2.22. The van der Waals surface area contributed by atoms with Crippen LogP contribution < -0.4 is 5.32 Å². The van der Waals surface area contributed by atoms with Crippen molar-refractivity contribution < 1.29 is 9.59 Å². The number of hydrogen-bond acceptors (Lipinski definition) is 5. The molecule has 1 N–H and O–H groups in total. The maximum Gasteiger partial charge on any atom is 0.239 e. The van der Waals surface area contributed by atoms with Gasteiger partial charge < -0.3 is 14.8 Å². The van der Waals surface area contributed by atoms with Crippen molar-refractivity contribution >= 4 is 17.6 Å². The first-order valence-corrected chi connectivity index (χ1v) is 9.84. The highest BCUT2D eigenvalue weighted by atomic mass is 16.2. The summed E-state index contributed by atoms with van der Waals surface area (Å²) in [6.07, 6.45) is 7.70. The molecule has 0 spiro atoms. The Bertz CT molecular complexity index is 798. The highest BCUT2D eigenvalue weighted by Crippen LogP contribution is 2.08. The van der Waals surface area contributed by atoms with Gasteiger partial charge in [0.05, 0.1) is 6.54 Å². The fraction of sp³-hybridized carbons (Fsp3) is 0.579. The van der Waals surface area contributed by atoms with Gasteiger partial charge in [-0.25, -0.2) is 4.98 Å². The number of aromatic nitrogens is 4. The molecule has 2 aromatic rings. The molecule has 1 aliphatic heterocycles. The fourth-order valence-electron chi connectivity index (χ4n) is 3.48. The predicted octanol–water partition coefficient (Wildman–Crippen LogP) is 0.742. The molecule has 0 bridgehead atoms. The van der Waals surface area contributed by atoms with Crippen molar-refractivity contribution in [2.24, 2.45) is 7.05 Å². The Kier molecular flexibility index (Phi) is 6.80. The summed E-state index contributed by atoms with van der Waals surface area (Å²) in [6, 6.07) is 1.77. The molecule has 0 aromatic carbocycles. The molecule has 3 rings (SSSR count). The number of amides is 2. The maximum absolute atomic E-state index is 12.6. The summed E-state index contributed by atoms with van der Waals surface area (Å²) in [7, 11) is 1.81. The van der Waals surface area contributed by atoms with Gasteiger partial charge in [-0.15, -0.1) is 0 Å². The Morgan fingerprint density at radius 3 is 2.79 bits per heavy atom. The molecule has 3 heterocycles. The minimum Gasteiger partial charge on any atom is -0.341 e. The monoisotopic (exact) mass is 387 g/mol. The molecule has 0 atom stereocenters. The fourth-order valence-corrected chi connectivity index (χ4v) is 3.48. The standard InChI is InChI=1S/C19H29N7O2/c1-3-17-20-7-12-25(17)11-6-19(28)26-9-4-8-24(13-14-26)15-18(27)21-16-5-10-23(2)22-16/h5,7,10,12H,3-4,6,8-9,11,13-15H2,1-2H3,(H,21,22,27). The number of rotatable bonds is 7. The van der Waals surface area contributed by atoms with Gasteiger partial charge in [0.1, 0.15) is 5.82 Å². The van der Waals surface area contributed by atoms with E-state index in [0.29, 0.717) is 38.4 Å². The summed E-state index contributed by atoms with van der Waals surface area (Å²) in [5.41, 5.74) is 0. The second-order valence-corrected chi connectivity index (χ2v) is 7.07. The van der Waals surface area contributed by atoms with Crippen LogP contribution in [0.15, 0.2) is 24.7 Å². The molecule has 1 fully saturated rings. The van der Waals surface area contributed by atoms with Crippen molar-refractivity contribution in [2.75, 3.05) is 38.0 Å². The van der Waals surface area contributed by atoms with E-state index in [-0.39, 0.29) is 11.8 Å². The van der Waals surface area contributed by atoms with Crippen molar-refractivity contribution in [3.63, 3.8) is 0 Å². The Balaban J connectivity index is 1.43. The zero-order valence-electron chi connectivity index (χ0n) is 16.7. The van der Waals surface area contributed by atoms with E-state index in [1.165, 1.54) is 0 Å². The van der Waals surface area contributed by atoms with Gasteiger partial charge in [0.25, 0.3) is 0 Å². The lowest BCUT2D eigenvalue weighted by molar-refractivity contribution is -0.131. The minimum atomic E-state index is -0.0781. The van der Waals surface area contributed by atoms with E-state index in [1.807, 2.05) is 22.7 Å². The molecular formula is C19H29N7O2. The summed E-state index contributed by atoms with van der Waals surface area (Å²) in [4.78, 5) is 33.1. The molecule has 0 unspecified atom stereocenters. The van der Waals surface area contributed by atoms with Crippen LogP contribution >= 0.6 is 0 Å². The quantitative estimate of drug-likeness (QED) is 0.757. The van der Waals surface area contributed by atoms with Crippen LogP contribution in [0.4, 0.5) is 5.82 Å². The SMILES string of the molecule is CCc1nccn1CCC(=O)N1CCCN(CC(=O)Nc2ccn(C)n2)CC1. The van der Waals surface area contributed by atoms with Gasteiger partial charge in [-0.05, 0) is 6.42 Å². The molecule has 2 aromatic heterocycles. The van der Waals surface area contributed by atoms with E-state index >= 15 is 0 Å². The average Bonchev–Trinajstić information content (AvgIpc) is 3.23. The van der Waals surface area contributed by atoms with Gasteiger partial charge in [-0.2, -0.15) is 5.10 Å². The predicted molar refractivity (Wildman–Crippen MR) is 106 cm³/mol. The lowest BCUT2D eigenvalue weighted by Crippen LogP contribution is -2.38. The van der Waals surface area contributed by atoms with Gasteiger partial charge >= 0.3 is 0 Å². The highest BCUT2D eigenvalue weighted by molar-refractivity contribution is 5.91. The molecular weight excluding hydrogens is 358 g/mol. The van der Waals surface area contributed by atoms with Crippen molar-refractivity contribution in [3.05, 3.63) is 30.5 Å². The van der Waals surface area contributed by atoms with Crippen LogP contribution in [0.1, 0.15) is 25.6 Å². The number of aryl methyl sites for hydroxylation is 3. The number of hydrogen-bond donors (Lipinski definition) is 1. The number of nitrogens with zero attached hydrogens (tertiary/aromatic N) is 6. The van der Waals surface area contributed by atoms with E-state index in [4.69, 9.17) is 0 Å². The van der Waals surface area contributed by atoms with E-state index in [2.05, 4.69) is 27.2 Å². The minimum absolute atomic E-state index is 0.0781. The van der Waals surface area contributed by atoms with Crippen LogP contribution in [0.5, 0.6) is 0 Å². The van der Waals surface area contributed by atoms with Crippen molar-refractivity contribution in [1.29, 1.82) is 0 Å². The summed E-state index contributed by atoms with van der Waals surface area (Å²) >= 11 is 0. The molecule has 0 radical (unpaired) electrons. The van der Waals surface area contributed by atoms with E-state index in [1.54, 1.807) is 23.1 Å². The van der Waals surface area contributed by atoms with E-state index in [0.717, 1.165) is 31.8 Å². The molecule has 28 heavy (non-hydrogen) atoms. The third-order valence-corrected chi connectivity index (χ3v) is 4.97. The van der Waals surface area contributed by atoms with Crippen LogP contribution in [0, 0.1) is 0 Å². The van der Waals surface area contributed by atoms with Crippen LogP contribution in [-0.2, 0) is 29.6 Å². The summed E-state index contributed by atoms with van der Waals surface area (Å²) < 4.78 is 3.70. The largest absolute Gasteiger partial charge is 0.341 e. The smallest absolute Gasteiger partial charge is 0.239 e. The maximum atomic E-state index is 12.6. The van der Waals surface area contributed by atoms with Crippen molar-refractivity contribution in [3.8, 4) is 0 Å². The first kappa shape index (κ1) is 20.1. The Labute approximate surface area is 165 Å². The molecule has 9 nitrogen and oxygen atoms in total. The summed E-state index contributed by atoms with van der Waals surface area (Å²) in [5.74, 6) is 1.65. The van der Waals surface area contributed by atoms with Gasteiger partial charge in [0.2, 0.25) is 11.8 Å². The van der Waals surface area contributed by atoms with Crippen LogP contribution in [-0.4, -0.2) is 73.7 Å². The average molecular weight is 387 g/mol. The second kappa shape index (κ2) is 9.50. The zero-order chi connectivity index (χ0) is 19.9. The van der Waals surface area contributed by atoms with Crippen molar-refractivity contribution in [2.45, 2.75) is 32.7 Å². The Morgan fingerprint density at radius 2 is 2.04 bits per heavy atom. The van der Waals surface area contributed by atoms with Crippen LogP contribution in [0.3, 0.4) is 0 Å². The number of imidazole rings is 1. The molecule has 1 aliphatic rings. The number of carbonyl (C=O) groups excluding carboxylic acids is 2. The van der Waals surface area contributed by atoms with Gasteiger partial charge in [-0.3, -0.25) is 19.2 Å². The van der Waals surface area contributed by atoms with Crippen LogP contribution in [0.25, 0.3) is 0 Å². The summed E-state index contributed by atoms with van der Waals surface area (Å²) in [6.45, 7) is 5.94. The topological polar surface area (TPSA) is 88.3 Å². The van der Waals surface area contributed by atoms with Crippen LogP contribution in [0.2, 0.25) is 0 Å². The van der Waals surface area contributed by atoms with Gasteiger partial charge in [0, 0.05) is 77.3 Å². The zero-order valence-corrected chi connectivity index (χ0v) is 16.7. The number of nitrogens with one attached hydrogen (secondary N) is 1. The molecule has 1 saturated heterocycles. The molecule has 0 saturated carbocycles. The molecule has 2 amide bonds. The summed E-state index contributed by atoms with van der Waals surface area (Å²) in [5, 5.41) is 6.97. The normalized spacial score (nSPS) is 15.4. The van der Waals surface area contributed by atoms with Gasteiger partial charge in [0.15, 0.2) is 5.82 Å².